The van der Waals surface area contributed by atoms with Gasteiger partial charge in [0.1, 0.15) is 6.10 Å². The average molecular weight is 188 g/mol. The predicted molar refractivity (Wildman–Crippen MR) is 52.5 cm³/mol. The largest absolute Gasteiger partial charge is 0.390 e. The van der Waals surface area contributed by atoms with E-state index in [0.717, 1.165) is 12.8 Å². The van der Waals surface area contributed by atoms with Crippen LogP contribution in [0.4, 0.5) is 0 Å². The Hall–Kier alpha value is -0.380. The molecule has 0 aromatic carbocycles. The van der Waals surface area contributed by atoms with Gasteiger partial charge in [-0.2, -0.15) is 0 Å². The lowest BCUT2D eigenvalue weighted by atomic mass is 10.1. The Labute approximate surface area is 80.0 Å². The van der Waals surface area contributed by atoms with Crippen LogP contribution in [0.25, 0.3) is 0 Å². The van der Waals surface area contributed by atoms with Crippen molar-refractivity contribution < 1.29 is 15.3 Å². The third-order valence-corrected chi connectivity index (χ3v) is 2.09. The van der Waals surface area contributed by atoms with Gasteiger partial charge in [0.2, 0.25) is 0 Å². The van der Waals surface area contributed by atoms with Gasteiger partial charge in [-0.05, 0) is 6.42 Å². The zero-order valence-corrected chi connectivity index (χ0v) is 8.28. The molecule has 0 amide bonds. The zero-order valence-electron chi connectivity index (χ0n) is 8.28. The van der Waals surface area contributed by atoms with E-state index in [2.05, 4.69) is 18.4 Å². The Balaban J connectivity index is 3.47. The minimum atomic E-state index is -0.651. The van der Waals surface area contributed by atoms with E-state index in [1.165, 1.54) is 18.9 Å². The molecule has 0 bridgehead atoms. The molecule has 0 spiro atoms. The van der Waals surface area contributed by atoms with Crippen LogP contribution < -0.4 is 0 Å². The fraction of sp³-hybridized carbons (Fsp3) is 0.800. The van der Waals surface area contributed by atoms with Crippen molar-refractivity contribution in [3.63, 3.8) is 0 Å². The highest BCUT2D eigenvalue weighted by Gasteiger charge is 2.15. The minimum Gasteiger partial charge on any atom is -0.390 e. The zero-order chi connectivity index (χ0) is 10.1. The van der Waals surface area contributed by atoms with E-state index >= 15 is 0 Å². The van der Waals surface area contributed by atoms with E-state index < -0.39 is 12.2 Å². The van der Waals surface area contributed by atoms with Crippen LogP contribution >= 0.6 is 0 Å². The third kappa shape index (κ3) is 5.80. The summed E-state index contributed by atoms with van der Waals surface area (Å²) in [4.78, 5) is 4.05. The maximum Gasteiger partial charge on any atom is 0.136 e. The third-order valence-electron chi connectivity index (χ3n) is 2.09. The maximum absolute atomic E-state index is 9.45. The number of hydrogen-bond acceptors (Lipinski definition) is 3. The van der Waals surface area contributed by atoms with E-state index in [1.54, 1.807) is 0 Å². The number of hydrogen-bond donors (Lipinski definition) is 2. The molecule has 3 heteroatoms. The summed E-state index contributed by atoms with van der Waals surface area (Å²) in [5.74, 6) is 0. The molecule has 0 aromatic rings. The van der Waals surface area contributed by atoms with Crippen molar-refractivity contribution in [2.75, 3.05) is 0 Å². The predicted octanol–water partition coefficient (Wildman–Crippen LogP) is 2.36. The van der Waals surface area contributed by atoms with Crippen LogP contribution in [0.2, 0.25) is 0 Å². The summed E-state index contributed by atoms with van der Waals surface area (Å²) < 4.78 is 0. The Bertz CT molecular complexity index is 125. The lowest BCUT2D eigenvalue weighted by Gasteiger charge is -2.15. The Morgan fingerprint density at radius 1 is 1.38 bits per heavy atom. The highest BCUT2D eigenvalue weighted by atomic mass is 17.1. The molecule has 0 aliphatic carbocycles. The first-order valence-corrected chi connectivity index (χ1v) is 4.87. The summed E-state index contributed by atoms with van der Waals surface area (Å²) in [5, 5.41) is 17.8. The van der Waals surface area contributed by atoms with Gasteiger partial charge in [-0.25, -0.2) is 4.89 Å². The van der Waals surface area contributed by atoms with E-state index in [0.29, 0.717) is 6.42 Å². The van der Waals surface area contributed by atoms with Crippen molar-refractivity contribution >= 4 is 0 Å². The van der Waals surface area contributed by atoms with E-state index in [9.17, 15) is 5.11 Å². The summed E-state index contributed by atoms with van der Waals surface area (Å²) >= 11 is 0. The lowest BCUT2D eigenvalue weighted by Crippen LogP contribution is -2.25. The second kappa shape index (κ2) is 8.23. The summed E-state index contributed by atoms with van der Waals surface area (Å²) in [5.41, 5.74) is 0. The van der Waals surface area contributed by atoms with Gasteiger partial charge in [-0.3, -0.25) is 5.26 Å². The molecule has 2 N–H and O–H groups in total. The van der Waals surface area contributed by atoms with Gasteiger partial charge in [0.15, 0.2) is 0 Å². The summed E-state index contributed by atoms with van der Waals surface area (Å²) in [6.45, 7) is 5.59. The quantitative estimate of drug-likeness (QED) is 0.266. The van der Waals surface area contributed by atoms with E-state index in [-0.39, 0.29) is 0 Å². The highest BCUT2D eigenvalue weighted by molar-refractivity contribution is 4.84. The first-order valence-electron chi connectivity index (χ1n) is 4.87. The fourth-order valence-electron chi connectivity index (χ4n) is 1.21. The molecule has 0 radical (unpaired) electrons. The second-order valence-electron chi connectivity index (χ2n) is 3.22. The second-order valence-corrected chi connectivity index (χ2v) is 3.22. The van der Waals surface area contributed by atoms with Crippen molar-refractivity contribution in [2.24, 2.45) is 0 Å². The number of rotatable bonds is 8. The first-order chi connectivity index (χ1) is 6.26. The van der Waals surface area contributed by atoms with Crippen LogP contribution in [-0.4, -0.2) is 22.6 Å². The molecule has 2 atom stereocenters. The van der Waals surface area contributed by atoms with Gasteiger partial charge >= 0.3 is 0 Å². The lowest BCUT2D eigenvalue weighted by molar-refractivity contribution is -0.283. The monoisotopic (exact) mass is 188 g/mol. The van der Waals surface area contributed by atoms with Gasteiger partial charge in [0.25, 0.3) is 0 Å². The van der Waals surface area contributed by atoms with Gasteiger partial charge in [0, 0.05) is 0 Å². The molecular weight excluding hydrogens is 168 g/mol. The molecule has 3 nitrogen and oxygen atoms in total. The van der Waals surface area contributed by atoms with Crippen LogP contribution in [0.3, 0.4) is 0 Å². The molecule has 13 heavy (non-hydrogen) atoms. The molecule has 0 aliphatic heterocycles. The molecule has 78 valence electrons. The maximum atomic E-state index is 9.45. The first kappa shape index (κ1) is 12.6. The van der Waals surface area contributed by atoms with Gasteiger partial charge in [-0.15, -0.1) is 6.58 Å². The highest BCUT2D eigenvalue weighted by Crippen LogP contribution is 2.10. The van der Waals surface area contributed by atoms with Gasteiger partial charge in [-0.1, -0.05) is 38.7 Å². The van der Waals surface area contributed by atoms with Crippen LogP contribution in [-0.2, 0) is 4.89 Å². The van der Waals surface area contributed by atoms with E-state index in [4.69, 9.17) is 5.26 Å². The molecule has 0 fully saturated rings. The van der Waals surface area contributed by atoms with Crippen LogP contribution in [0.15, 0.2) is 12.7 Å². The van der Waals surface area contributed by atoms with Crippen LogP contribution in [0.5, 0.6) is 0 Å². The molecule has 0 saturated carbocycles. The summed E-state index contributed by atoms with van der Waals surface area (Å²) in [6, 6.07) is 0. The van der Waals surface area contributed by atoms with Crippen molar-refractivity contribution in [1.82, 2.24) is 0 Å². The SMILES string of the molecule is C=CC(OO)C(O)CCCCCC. The molecule has 0 saturated heterocycles. The minimum absolute atomic E-state index is 0.639. The van der Waals surface area contributed by atoms with Crippen molar-refractivity contribution in [2.45, 2.75) is 51.2 Å². The van der Waals surface area contributed by atoms with Crippen LogP contribution in [0.1, 0.15) is 39.0 Å². The Kier molecular flexibility index (Phi) is 7.99. The van der Waals surface area contributed by atoms with Crippen molar-refractivity contribution in [1.29, 1.82) is 0 Å². The fourth-order valence-corrected chi connectivity index (χ4v) is 1.21. The topological polar surface area (TPSA) is 49.7 Å². The molecule has 0 aliphatic rings. The van der Waals surface area contributed by atoms with Gasteiger partial charge < -0.3 is 5.11 Å². The molecular formula is C10H20O3. The Morgan fingerprint density at radius 2 is 2.08 bits per heavy atom. The average Bonchev–Trinajstić information content (AvgIpc) is 2.14. The number of aliphatic hydroxyl groups excluding tert-OH is 1. The van der Waals surface area contributed by atoms with Crippen molar-refractivity contribution in [3.05, 3.63) is 12.7 Å². The Morgan fingerprint density at radius 3 is 2.54 bits per heavy atom. The standard InChI is InChI=1S/C10H20O3/c1-3-5-6-7-8-9(11)10(4-2)13-12/h4,9-12H,2-3,5-8H2,1H3. The molecule has 0 heterocycles. The van der Waals surface area contributed by atoms with Gasteiger partial charge in [0.05, 0.1) is 6.10 Å². The summed E-state index contributed by atoms with van der Waals surface area (Å²) in [7, 11) is 0. The summed E-state index contributed by atoms with van der Waals surface area (Å²) in [6.07, 6.45) is 5.21. The smallest absolute Gasteiger partial charge is 0.136 e. The molecule has 2 unspecified atom stereocenters. The number of unbranched alkanes of at least 4 members (excludes halogenated alkanes) is 3. The molecule has 0 aromatic heterocycles. The van der Waals surface area contributed by atoms with Crippen LogP contribution in [0, 0.1) is 0 Å². The van der Waals surface area contributed by atoms with Crippen molar-refractivity contribution in [3.8, 4) is 0 Å². The number of aliphatic hydroxyl groups is 1. The van der Waals surface area contributed by atoms with E-state index in [1.807, 2.05) is 0 Å². The normalized spacial score (nSPS) is 15.3. The molecule has 0 rings (SSSR count).